The number of piperidine rings is 1. The number of hydrogen-bond acceptors (Lipinski definition) is 23. The van der Waals surface area contributed by atoms with E-state index >= 15 is 0 Å². The van der Waals surface area contributed by atoms with Crippen molar-refractivity contribution in [1.29, 1.82) is 0 Å². The summed E-state index contributed by atoms with van der Waals surface area (Å²) < 4.78 is 85.0. The zero-order valence-corrected chi connectivity index (χ0v) is 79.6. The third kappa shape index (κ3) is 22.7. The van der Waals surface area contributed by atoms with Crippen LogP contribution in [0.25, 0.3) is 33.2 Å². The highest BCUT2D eigenvalue weighted by Gasteiger charge is 2.39. The maximum absolute atomic E-state index is 14.1. The quantitative estimate of drug-likeness (QED) is 0.0289. The van der Waals surface area contributed by atoms with Crippen molar-refractivity contribution >= 4 is 111 Å². The molecule has 133 heavy (non-hydrogen) atoms. The van der Waals surface area contributed by atoms with Crippen molar-refractivity contribution in [2.45, 2.75) is 128 Å². The second-order valence-corrected chi connectivity index (χ2v) is 43.6. The Morgan fingerprint density at radius 3 is 1.30 bits per heavy atom. The van der Waals surface area contributed by atoms with Crippen molar-refractivity contribution < 1.29 is 55.2 Å². The van der Waals surface area contributed by atoms with Crippen LogP contribution in [0.15, 0.2) is 179 Å². The molecule has 2 atom stereocenters. The molecule has 8 aliphatic rings. The molecule has 18 rings (SSSR count). The lowest BCUT2D eigenvalue weighted by atomic mass is 9.72. The van der Waals surface area contributed by atoms with E-state index in [0.717, 1.165) is 226 Å². The summed E-state index contributed by atoms with van der Waals surface area (Å²) in [4.78, 5) is 82.6. The predicted octanol–water partition coefficient (Wildman–Crippen LogP) is 17.9. The molecule has 0 radical (unpaired) electrons. The molecule has 4 aromatic heterocycles. The summed E-state index contributed by atoms with van der Waals surface area (Å²) in [5, 5.41) is 27.9. The molecule has 4 N–H and O–H groups in total. The summed E-state index contributed by atoms with van der Waals surface area (Å²) in [5.74, 6) is -0.586. The molecule has 0 unspecified atom stereocenters. The number of likely N-dealkylation sites (N-methyl/N-ethyl adjacent to an activating group) is 1. The number of hydrogen-bond donors (Lipinski definition) is 4. The number of benzene rings is 6. The minimum atomic E-state index is -4.62. The van der Waals surface area contributed by atoms with Gasteiger partial charge in [0.05, 0.1) is 67.5 Å². The van der Waals surface area contributed by atoms with Crippen LogP contribution < -0.4 is 38.2 Å². The third-order valence-corrected chi connectivity index (χ3v) is 31.0. The molecule has 0 spiro atoms. The normalized spacial score (nSPS) is 19.8. The topological polar surface area (TPSA) is 330 Å². The Morgan fingerprint density at radius 1 is 0.496 bits per heavy atom. The number of anilines is 2. The molecule has 33 heteroatoms. The number of likely N-dealkylation sites (tertiary alicyclic amines) is 1. The van der Waals surface area contributed by atoms with Gasteiger partial charge in [-0.25, -0.2) is 36.2 Å². The van der Waals surface area contributed by atoms with E-state index in [1.54, 1.807) is 60.9 Å². The number of sulfonamides is 2. The van der Waals surface area contributed by atoms with Gasteiger partial charge in [-0.1, -0.05) is 100 Å². The van der Waals surface area contributed by atoms with E-state index in [9.17, 15) is 46.7 Å². The Balaban J connectivity index is 0.000000185. The minimum absolute atomic E-state index is 0.0363. The number of fused-ring (bicyclic) bond motifs is 4. The van der Waals surface area contributed by atoms with Gasteiger partial charge in [0.15, 0.2) is 0 Å². The smallest absolute Gasteiger partial charge is 0.277 e. The van der Waals surface area contributed by atoms with Crippen molar-refractivity contribution in [2.75, 3.05) is 148 Å². The molecule has 4 saturated heterocycles. The lowest BCUT2D eigenvalue weighted by Gasteiger charge is -2.39. The number of H-pyrrole nitrogens is 2. The molecule has 10 heterocycles. The standard InChI is InChI=1S/C51H60ClN7O7S.C49H57ClN8O7S/c1-50(2)15-19-56(20-16-50)18-13-34-25-43-45(59(61)62)28-41(29-46(43)65-33-34)67(63,64)55-49(60)42-10-9-39(27-47(42)66-40-26-36-12-17-53-48(36)54-31-40)58-23-21-57(22-24-58)32-37-11-14-51(3,4)30-44(37)35-5-7-38(52)8-6-35;1-49(2)13-10-36(43(29-49)34-4-6-37(50)7-5-34)31-56-20-22-57(23-21-56)38-8-9-41(46(26-38)65-39-25-35-11-14-51-47(35)52-30-39)48(59)53-66(62,63)40-27-44(58(60)61)42-24-33(32-64-45(42)28-40)12-15-55-18-16-54(3)17-19-55/h5-10,12,17,26-29,31,34H,11,13-16,18-25,30,32-33H2,1-4H3,(H,53,54)(H,55,60);4-9,11,14,25-28,30,33H,10,12-13,15-24,29,31-32H2,1-3H3,(H,51,52)(H,53,59)/t34-;33-/m00/s1. The van der Waals surface area contributed by atoms with Crippen molar-refractivity contribution in [1.82, 2.24) is 53.9 Å². The number of nitro benzene ring substituents is 2. The van der Waals surface area contributed by atoms with Crippen LogP contribution in [-0.2, 0) is 32.9 Å². The second kappa shape index (κ2) is 39.5. The zero-order valence-electron chi connectivity index (χ0n) is 76.5. The number of ether oxygens (including phenoxy) is 4. The maximum Gasteiger partial charge on any atom is 0.277 e. The average Bonchev–Trinajstić information content (AvgIpc) is 1.44. The van der Waals surface area contributed by atoms with E-state index in [-0.39, 0.29) is 68.2 Å². The fraction of sp³-hybridized carbons (Fsp3) is 0.440. The summed E-state index contributed by atoms with van der Waals surface area (Å²) in [6.45, 7) is 30.2. The van der Waals surface area contributed by atoms with Crippen LogP contribution in [0.2, 0.25) is 10.0 Å². The van der Waals surface area contributed by atoms with Crippen molar-refractivity contribution in [3.63, 3.8) is 0 Å². The first-order valence-electron chi connectivity index (χ1n) is 46.2. The molecule has 6 aromatic carbocycles. The van der Waals surface area contributed by atoms with Crippen LogP contribution in [0, 0.1) is 48.3 Å². The number of amides is 2. The first-order valence-corrected chi connectivity index (χ1v) is 49.9. The highest BCUT2D eigenvalue weighted by molar-refractivity contribution is 7.90. The summed E-state index contributed by atoms with van der Waals surface area (Å²) in [6, 6.07) is 38.4. The van der Waals surface area contributed by atoms with E-state index in [0.29, 0.717) is 65.4 Å². The van der Waals surface area contributed by atoms with E-state index < -0.39 is 51.5 Å². The minimum Gasteiger partial charge on any atom is -0.493 e. The summed E-state index contributed by atoms with van der Waals surface area (Å²) >= 11 is 12.5. The largest absolute Gasteiger partial charge is 0.493 e. The molecule has 702 valence electrons. The maximum atomic E-state index is 14.1. The number of aromatic amines is 2. The molecule has 0 saturated carbocycles. The van der Waals surface area contributed by atoms with E-state index in [1.807, 2.05) is 36.4 Å². The molecule has 4 fully saturated rings. The molecule has 2 amide bonds. The fourth-order valence-electron chi connectivity index (χ4n) is 19.6. The van der Waals surface area contributed by atoms with Crippen LogP contribution in [0.3, 0.4) is 0 Å². The Labute approximate surface area is 787 Å². The molecule has 10 aromatic rings. The number of nitrogens with one attached hydrogen (secondary N) is 4. The van der Waals surface area contributed by atoms with Crippen LogP contribution in [0.1, 0.15) is 149 Å². The van der Waals surface area contributed by atoms with E-state index in [2.05, 4.69) is 137 Å². The van der Waals surface area contributed by atoms with Crippen molar-refractivity contribution in [3.05, 3.63) is 233 Å². The van der Waals surface area contributed by atoms with Gasteiger partial charge in [-0.2, -0.15) is 0 Å². The van der Waals surface area contributed by atoms with Gasteiger partial charge in [0.1, 0.15) is 45.8 Å². The third-order valence-electron chi connectivity index (χ3n) is 27.9. The molecule has 0 bridgehead atoms. The van der Waals surface area contributed by atoms with Gasteiger partial charge >= 0.3 is 0 Å². The molecule has 29 nitrogen and oxygen atoms in total. The van der Waals surface area contributed by atoms with Gasteiger partial charge in [0.2, 0.25) is 0 Å². The van der Waals surface area contributed by atoms with Crippen molar-refractivity contribution in [2.24, 2.45) is 28.1 Å². The first-order chi connectivity index (χ1) is 63.6. The number of carbonyl (C=O) groups is 2. The summed E-state index contributed by atoms with van der Waals surface area (Å²) in [7, 11) is -7.14. The Hall–Kier alpha value is -11.0. The van der Waals surface area contributed by atoms with Crippen LogP contribution >= 0.6 is 23.2 Å². The Kier molecular flexibility index (Phi) is 27.9. The van der Waals surface area contributed by atoms with Gasteiger partial charge in [-0.15, -0.1) is 0 Å². The molecule has 2 aliphatic carbocycles. The highest BCUT2D eigenvalue weighted by atomic mass is 35.5. The van der Waals surface area contributed by atoms with Gasteiger partial charge < -0.3 is 53.4 Å². The van der Waals surface area contributed by atoms with E-state index in [4.69, 9.17) is 42.1 Å². The fourth-order valence-corrected chi connectivity index (χ4v) is 21.9. The number of aromatic nitrogens is 4. The van der Waals surface area contributed by atoms with Gasteiger partial charge in [-0.05, 0) is 233 Å². The number of nitrogens with zero attached hydrogens (tertiary/aromatic N) is 11. The van der Waals surface area contributed by atoms with Crippen LogP contribution in [0.5, 0.6) is 34.5 Å². The number of rotatable bonds is 26. The number of halogens is 2. The number of nitro groups is 2. The second-order valence-electron chi connectivity index (χ2n) is 39.3. The number of carbonyl (C=O) groups excluding carboxylic acids is 2. The number of piperazine rings is 3. The van der Waals surface area contributed by atoms with Crippen molar-refractivity contribution in [3.8, 4) is 34.5 Å². The van der Waals surface area contributed by atoms with E-state index in [1.165, 1.54) is 57.9 Å². The van der Waals surface area contributed by atoms with Gasteiger partial charge in [0, 0.05) is 173 Å². The molecular formula is C100H117Cl2N15O14S2. The Morgan fingerprint density at radius 2 is 0.895 bits per heavy atom. The monoisotopic (exact) mass is 1890 g/mol. The SMILES string of the molecule is CC1(C)CCN(CC[C@@H]2COc3cc(S(=O)(=O)NC(=O)c4ccc(N5CCN(CC6=C(c7ccc(Cl)cc7)CC(C)(C)CC6)CC5)cc4Oc4cnc5[nH]ccc5c4)cc([N+](=O)[O-])c3C2)CC1.CN1CCN(CC[C@@H]2COc3cc(S(=O)(=O)NC(=O)c4ccc(N5CCN(CC6=C(c7ccc(Cl)cc7)CC(C)(C)CC6)CC5)cc4Oc4cnc5[nH]ccc5c4)cc([N+](=O)[O-])c3C2)CC1. The number of pyridine rings is 2. The van der Waals surface area contributed by atoms with Crippen LogP contribution in [-0.4, -0.2) is 221 Å². The number of allylic oxidation sites excluding steroid dienone is 2. The van der Waals surface area contributed by atoms with Gasteiger partial charge in [0.25, 0.3) is 43.2 Å². The van der Waals surface area contributed by atoms with Crippen LogP contribution in [0.4, 0.5) is 22.7 Å². The lowest BCUT2D eigenvalue weighted by Crippen LogP contribution is -2.47. The zero-order chi connectivity index (χ0) is 93.3. The summed E-state index contributed by atoms with van der Waals surface area (Å²) in [5.41, 5.74) is 11.9. The summed E-state index contributed by atoms with van der Waals surface area (Å²) in [6.07, 6.45) is 17.6. The highest BCUT2D eigenvalue weighted by Crippen LogP contribution is 2.48. The molecular weight excluding hydrogens is 1770 g/mol. The predicted molar refractivity (Wildman–Crippen MR) is 518 cm³/mol. The molecule has 6 aliphatic heterocycles. The average molecular weight is 1890 g/mol. The first kappa shape index (κ1) is 93.8. The lowest BCUT2D eigenvalue weighted by molar-refractivity contribution is -0.386. The Bertz CT molecular complexity index is 6330. The van der Waals surface area contributed by atoms with Gasteiger partial charge in [-0.3, -0.25) is 39.6 Å².